The second kappa shape index (κ2) is 6.15. The lowest BCUT2D eigenvalue weighted by atomic mass is 10.0. The summed E-state index contributed by atoms with van der Waals surface area (Å²) in [5.74, 6) is 0. The highest BCUT2D eigenvalue weighted by Crippen LogP contribution is 2.31. The van der Waals surface area contributed by atoms with Gasteiger partial charge in [0.05, 0.1) is 22.4 Å². The van der Waals surface area contributed by atoms with Crippen molar-refractivity contribution in [3.05, 3.63) is 72.8 Å². The van der Waals surface area contributed by atoms with E-state index in [9.17, 15) is 0 Å². The first-order valence-corrected chi connectivity index (χ1v) is 8.35. The van der Waals surface area contributed by atoms with Gasteiger partial charge in [0.25, 0.3) is 0 Å². The lowest BCUT2D eigenvalue weighted by molar-refractivity contribution is 1.22. The van der Waals surface area contributed by atoms with Gasteiger partial charge in [-0.25, -0.2) is 9.97 Å². The summed E-state index contributed by atoms with van der Waals surface area (Å²) in [6.07, 6.45) is 0. The van der Waals surface area contributed by atoms with Gasteiger partial charge < -0.3 is 25.3 Å². The highest BCUT2D eigenvalue weighted by Gasteiger charge is 2.12. The fraction of sp³-hybridized carbons (Fsp3) is 0. The van der Waals surface area contributed by atoms with Crippen LogP contribution in [0.3, 0.4) is 0 Å². The van der Waals surface area contributed by atoms with E-state index in [1.807, 2.05) is 72.8 Å². The van der Waals surface area contributed by atoms with Crippen molar-refractivity contribution < 1.29 is 0 Å². The SMILES string of the molecule is [S-]c1cc2nc(-c3ccccc3)c(-c3ccccc3)nc2cc1[S-]. The van der Waals surface area contributed by atoms with Crippen LogP contribution in [0.1, 0.15) is 0 Å². The largest absolute Gasteiger partial charge is 0.781 e. The van der Waals surface area contributed by atoms with E-state index in [0.29, 0.717) is 9.79 Å². The lowest BCUT2D eigenvalue weighted by Gasteiger charge is -2.20. The molecule has 0 fully saturated rings. The maximum atomic E-state index is 5.30. The Morgan fingerprint density at radius 3 is 1.29 bits per heavy atom. The van der Waals surface area contributed by atoms with E-state index in [-0.39, 0.29) is 0 Å². The molecule has 0 amide bonds. The van der Waals surface area contributed by atoms with Crippen molar-refractivity contribution in [2.45, 2.75) is 9.79 Å². The third-order valence-electron chi connectivity index (χ3n) is 3.82. The molecule has 24 heavy (non-hydrogen) atoms. The zero-order valence-electron chi connectivity index (χ0n) is 12.6. The lowest BCUT2D eigenvalue weighted by Crippen LogP contribution is -1.96. The Morgan fingerprint density at radius 1 is 0.542 bits per heavy atom. The molecule has 0 aliphatic heterocycles. The molecule has 2 nitrogen and oxygen atoms in total. The van der Waals surface area contributed by atoms with Crippen LogP contribution in [0.25, 0.3) is 33.5 Å². The fourth-order valence-electron chi connectivity index (χ4n) is 2.66. The molecule has 4 heteroatoms. The van der Waals surface area contributed by atoms with E-state index < -0.39 is 0 Å². The van der Waals surface area contributed by atoms with Gasteiger partial charge >= 0.3 is 0 Å². The normalized spacial score (nSPS) is 10.8. The molecule has 4 aromatic rings. The molecule has 4 rings (SSSR count). The quantitative estimate of drug-likeness (QED) is 0.489. The second-order valence-corrected chi connectivity index (χ2v) is 6.32. The average Bonchev–Trinajstić information content (AvgIpc) is 2.63. The van der Waals surface area contributed by atoms with Gasteiger partial charge in [0.1, 0.15) is 0 Å². The van der Waals surface area contributed by atoms with Crippen molar-refractivity contribution in [2.75, 3.05) is 0 Å². The van der Waals surface area contributed by atoms with Crippen LogP contribution in [0.15, 0.2) is 82.6 Å². The molecule has 0 bridgehead atoms. The van der Waals surface area contributed by atoms with Crippen LogP contribution in [0, 0.1) is 0 Å². The van der Waals surface area contributed by atoms with Gasteiger partial charge in [-0.2, -0.15) is 9.79 Å². The number of aromatic nitrogens is 2. The molecule has 0 N–H and O–H groups in total. The summed E-state index contributed by atoms with van der Waals surface area (Å²) in [7, 11) is 0. The molecule has 0 aliphatic carbocycles. The Hall–Kier alpha value is -2.56. The highest BCUT2D eigenvalue weighted by molar-refractivity contribution is 7.62. The fourth-order valence-corrected chi connectivity index (χ4v) is 3.00. The van der Waals surface area contributed by atoms with Crippen LogP contribution in [-0.4, -0.2) is 9.97 Å². The predicted molar refractivity (Wildman–Crippen MR) is 102 cm³/mol. The van der Waals surface area contributed by atoms with Gasteiger partial charge in [0.2, 0.25) is 0 Å². The van der Waals surface area contributed by atoms with E-state index in [4.69, 9.17) is 35.2 Å². The van der Waals surface area contributed by atoms with Gasteiger partial charge in [0.15, 0.2) is 0 Å². The first-order valence-electron chi connectivity index (χ1n) is 7.53. The third-order valence-corrected chi connectivity index (χ3v) is 4.63. The molecule has 0 atom stereocenters. The van der Waals surface area contributed by atoms with E-state index in [0.717, 1.165) is 33.5 Å². The van der Waals surface area contributed by atoms with Crippen molar-refractivity contribution in [1.82, 2.24) is 9.97 Å². The number of hydrogen-bond donors (Lipinski definition) is 0. The third kappa shape index (κ3) is 2.70. The van der Waals surface area contributed by atoms with Gasteiger partial charge in [-0.05, 0) is 0 Å². The average molecular weight is 344 g/mol. The standard InChI is InChI=1S/C20H14N2S2/c23-17-11-15-16(12-18(17)24)22-20(14-9-5-2-6-10-14)19(21-15)13-7-3-1-4-8-13/h1-12,23-24H/p-2. The van der Waals surface area contributed by atoms with E-state index in [1.165, 1.54) is 0 Å². The predicted octanol–water partition coefficient (Wildman–Crippen LogP) is 4.78. The summed E-state index contributed by atoms with van der Waals surface area (Å²) in [6.45, 7) is 0. The van der Waals surface area contributed by atoms with Gasteiger partial charge in [-0.15, -0.1) is 0 Å². The monoisotopic (exact) mass is 344 g/mol. The van der Waals surface area contributed by atoms with Crippen LogP contribution in [0.2, 0.25) is 0 Å². The molecule has 0 spiro atoms. The molecule has 0 radical (unpaired) electrons. The molecule has 116 valence electrons. The Kier molecular flexibility index (Phi) is 3.84. The molecular weight excluding hydrogens is 332 g/mol. The maximum absolute atomic E-state index is 5.30. The van der Waals surface area contributed by atoms with Gasteiger partial charge in [-0.3, -0.25) is 0 Å². The number of nitrogens with zero attached hydrogens (tertiary/aromatic N) is 2. The van der Waals surface area contributed by atoms with Crippen molar-refractivity contribution in [3.63, 3.8) is 0 Å². The Balaban J connectivity index is 2.06. The van der Waals surface area contributed by atoms with Crippen molar-refractivity contribution >= 4 is 36.3 Å². The van der Waals surface area contributed by atoms with E-state index in [1.54, 1.807) is 0 Å². The molecule has 0 saturated heterocycles. The minimum absolute atomic E-state index is 0.637. The topological polar surface area (TPSA) is 25.8 Å². The smallest absolute Gasteiger partial charge is 0.0973 e. The molecule has 1 aromatic heterocycles. The van der Waals surface area contributed by atoms with Crippen LogP contribution in [0.4, 0.5) is 0 Å². The van der Waals surface area contributed by atoms with E-state index >= 15 is 0 Å². The summed E-state index contributed by atoms with van der Waals surface area (Å²) in [6, 6.07) is 23.8. The Bertz CT molecular complexity index is 932. The maximum Gasteiger partial charge on any atom is 0.0973 e. The van der Waals surface area contributed by atoms with Gasteiger partial charge in [0, 0.05) is 11.1 Å². The zero-order valence-corrected chi connectivity index (χ0v) is 14.3. The first kappa shape index (κ1) is 15.0. The first-order chi connectivity index (χ1) is 11.7. The van der Waals surface area contributed by atoms with Crippen molar-refractivity contribution in [1.29, 1.82) is 0 Å². The van der Waals surface area contributed by atoms with Crippen LogP contribution in [-0.2, 0) is 25.3 Å². The highest BCUT2D eigenvalue weighted by atomic mass is 32.1. The van der Waals surface area contributed by atoms with Crippen LogP contribution < -0.4 is 0 Å². The summed E-state index contributed by atoms with van der Waals surface area (Å²) < 4.78 is 0. The summed E-state index contributed by atoms with van der Waals surface area (Å²) in [5, 5.41) is 0. The summed E-state index contributed by atoms with van der Waals surface area (Å²) in [5.41, 5.74) is 5.29. The number of benzene rings is 3. The number of hydrogen-bond acceptors (Lipinski definition) is 4. The zero-order chi connectivity index (χ0) is 16.5. The van der Waals surface area contributed by atoms with Crippen LogP contribution in [0.5, 0.6) is 0 Å². The summed E-state index contributed by atoms with van der Waals surface area (Å²) >= 11 is 10.6. The minimum atomic E-state index is 0.637. The number of fused-ring (bicyclic) bond motifs is 1. The molecule has 0 unspecified atom stereocenters. The molecule has 3 aromatic carbocycles. The van der Waals surface area contributed by atoms with Crippen molar-refractivity contribution in [2.24, 2.45) is 0 Å². The molecule has 1 heterocycles. The van der Waals surface area contributed by atoms with Crippen molar-refractivity contribution in [3.8, 4) is 22.5 Å². The van der Waals surface area contributed by atoms with Crippen LogP contribution >= 0.6 is 0 Å². The number of rotatable bonds is 2. The van der Waals surface area contributed by atoms with Gasteiger partial charge in [-0.1, -0.05) is 72.8 Å². The molecule has 0 aliphatic rings. The van der Waals surface area contributed by atoms with E-state index in [2.05, 4.69) is 0 Å². The molecular formula is C20H12N2S2-2. The molecule has 0 saturated carbocycles. The minimum Gasteiger partial charge on any atom is -0.781 e. The second-order valence-electron chi connectivity index (χ2n) is 5.44. The summed E-state index contributed by atoms with van der Waals surface area (Å²) in [4.78, 5) is 11.0. The Morgan fingerprint density at radius 2 is 0.917 bits per heavy atom. The Labute approximate surface area is 151 Å².